The molecule has 0 aromatic rings. The molecular weight excluding hydrogens is 234 g/mol. The topological polar surface area (TPSA) is 90.3 Å². The van der Waals surface area contributed by atoms with Gasteiger partial charge in [-0.3, -0.25) is 19.7 Å². The van der Waals surface area contributed by atoms with Gasteiger partial charge in [0.1, 0.15) is 18.0 Å². The Morgan fingerprint density at radius 1 is 1.56 bits per heavy atom. The summed E-state index contributed by atoms with van der Waals surface area (Å²) in [5, 5.41) is 11.4. The fourth-order valence-electron chi connectivity index (χ4n) is 2.46. The van der Waals surface area contributed by atoms with Crippen molar-refractivity contribution in [1.82, 2.24) is 10.2 Å². The van der Waals surface area contributed by atoms with Crippen LogP contribution in [0.3, 0.4) is 0 Å². The normalized spacial score (nSPS) is 26.0. The fourth-order valence-corrected chi connectivity index (χ4v) is 2.46. The highest BCUT2D eigenvalue weighted by molar-refractivity contribution is 6.05. The second kappa shape index (κ2) is 4.41. The van der Waals surface area contributed by atoms with Gasteiger partial charge >= 0.3 is 0 Å². The summed E-state index contributed by atoms with van der Waals surface area (Å²) in [5.74, 6) is -1.30. The Labute approximate surface area is 105 Å². The lowest BCUT2D eigenvalue weighted by Gasteiger charge is -2.41. The molecule has 18 heavy (non-hydrogen) atoms. The number of carbonyl (C=O) groups is 3. The van der Waals surface area contributed by atoms with Crippen molar-refractivity contribution in [3.8, 4) is 6.07 Å². The molecule has 2 rings (SSSR count). The maximum atomic E-state index is 12.4. The number of carbonyl (C=O) groups excluding carboxylic acids is 3. The van der Waals surface area contributed by atoms with Crippen molar-refractivity contribution in [2.75, 3.05) is 6.54 Å². The Kier molecular flexibility index (Phi) is 3.07. The molecule has 1 saturated carbocycles. The minimum absolute atomic E-state index is 0.132. The second-order valence-electron chi connectivity index (χ2n) is 4.82. The van der Waals surface area contributed by atoms with E-state index >= 15 is 0 Å². The van der Waals surface area contributed by atoms with Crippen LogP contribution >= 0.6 is 0 Å². The van der Waals surface area contributed by atoms with Crippen LogP contribution in [-0.4, -0.2) is 35.2 Å². The van der Waals surface area contributed by atoms with Crippen LogP contribution in [0.4, 0.5) is 0 Å². The van der Waals surface area contributed by atoms with E-state index < -0.39 is 23.3 Å². The van der Waals surface area contributed by atoms with Crippen molar-refractivity contribution in [2.24, 2.45) is 5.41 Å². The van der Waals surface area contributed by atoms with E-state index in [4.69, 9.17) is 5.26 Å². The number of hydrogen-bond donors (Lipinski definition) is 1. The molecule has 0 radical (unpaired) electrons. The first-order valence-corrected chi connectivity index (χ1v) is 6.10. The summed E-state index contributed by atoms with van der Waals surface area (Å²) in [7, 11) is 0. The average molecular weight is 249 g/mol. The summed E-state index contributed by atoms with van der Waals surface area (Å²) < 4.78 is 0. The average Bonchev–Trinajstić information content (AvgIpc) is 2.27. The molecule has 6 heteroatoms. The van der Waals surface area contributed by atoms with Crippen LogP contribution in [0.15, 0.2) is 0 Å². The highest BCUT2D eigenvalue weighted by atomic mass is 16.2. The van der Waals surface area contributed by atoms with Crippen LogP contribution in [0.1, 0.15) is 32.6 Å². The molecule has 0 bridgehead atoms. The van der Waals surface area contributed by atoms with Gasteiger partial charge in [0.25, 0.3) is 0 Å². The number of imide groups is 1. The van der Waals surface area contributed by atoms with Crippen LogP contribution in [-0.2, 0) is 14.4 Å². The van der Waals surface area contributed by atoms with Crippen molar-refractivity contribution in [3.05, 3.63) is 0 Å². The van der Waals surface area contributed by atoms with E-state index in [1.165, 1.54) is 4.90 Å². The number of nitrogens with zero attached hydrogens (tertiary/aromatic N) is 2. The van der Waals surface area contributed by atoms with Gasteiger partial charge < -0.3 is 4.90 Å². The van der Waals surface area contributed by atoms with E-state index in [-0.39, 0.29) is 12.5 Å². The van der Waals surface area contributed by atoms with E-state index in [9.17, 15) is 14.4 Å². The number of nitriles is 1. The molecule has 0 aromatic carbocycles. The van der Waals surface area contributed by atoms with Crippen LogP contribution in [0.2, 0.25) is 0 Å². The first-order valence-electron chi connectivity index (χ1n) is 6.10. The highest BCUT2D eigenvalue weighted by Crippen LogP contribution is 2.42. The van der Waals surface area contributed by atoms with Gasteiger partial charge in [-0.15, -0.1) is 0 Å². The molecule has 1 aliphatic heterocycles. The third-order valence-electron chi connectivity index (χ3n) is 3.73. The molecule has 96 valence electrons. The molecule has 2 aliphatic rings. The highest BCUT2D eigenvalue weighted by Gasteiger charge is 2.50. The minimum atomic E-state index is -1.01. The lowest BCUT2D eigenvalue weighted by atomic mass is 9.68. The van der Waals surface area contributed by atoms with Crippen LogP contribution in [0.5, 0.6) is 0 Å². The summed E-state index contributed by atoms with van der Waals surface area (Å²) in [6.45, 7) is 1.65. The van der Waals surface area contributed by atoms with Gasteiger partial charge in [0.15, 0.2) is 0 Å². The monoisotopic (exact) mass is 249 g/mol. The van der Waals surface area contributed by atoms with Crippen molar-refractivity contribution >= 4 is 17.7 Å². The van der Waals surface area contributed by atoms with E-state index in [0.717, 1.165) is 6.42 Å². The van der Waals surface area contributed by atoms with E-state index in [1.807, 2.05) is 0 Å². The maximum Gasteiger partial charge on any atom is 0.249 e. The van der Waals surface area contributed by atoms with E-state index in [0.29, 0.717) is 19.3 Å². The molecule has 0 spiro atoms. The van der Waals surface area contributed by atoms with Gasteiger partial charge in [0.2, 0.25) is 17.7 Å². The first kappa shape index (κ1) is 12.6. The smallest absolute Gasteiger partial charge is 0.249 e. The predicted octanol–water partition coefficient (Wildman–Crippen LogP) is -0.0561. The third-order valence-corrected chi connectivity index (χ3v) is 3.73. The lowest BCUT2D eigenvalue weighted by molar-refractivity contribution is -0.156. The van der Waals surface area contributed by atoms with E-state index in [2.05, 4.69) is 11.4 Å². The van der Waals surface area contributed by atoms with Gasteiger partial charge in [-0.1, -0.05) is 6.92 Å². The molecule has 3 amide bonds. The quantitative estimate of drug-likeness (QED) is 0.694. The summed E-state index contributed by atoms with van der Waals surface area (Å²) >= 11 is 0. The molecule has 1 heterocycles. The van der Waals surface area contributed by atoms with Crippen molar-refractivity contribution in [3.63, 3.8) is 0 Å². The Hall–Kier alpha value is -1.90. The Morgan fingerprint density at radius 2 is 2.22 bits per heavy atom. The Balaban J connectivity index is 2.24. The van der Waals surface area contributed by atoms with Crippen LogP contribution < -0.4 is 5.32 Å². The summed E-state index contributed by atoms with van der Waals surface area (Å²) in [4.78, 5) is 36.7. The zero-order valence-electron chi connectivity index (χ0n) is 10.2. The summed E-state index contributed by atoms with van der Waals surface area (Å²) in [6, 6.07) is 1.41. The number of hydrogen-bond acceptors (Lipinski definition) is 4. The standard InChI is InChI=1S/C12H15N3O3/c1-2-8-10(17)14-9(16)6-15(8)11(18)12(7-13)4-3-5-12/h8H,2-6H2,1H3,(H,14,16,17). The minimum Gasteiger partial charge on any atom is -0.320 e. The van der Waals surface area contributed by atoms with Crippen molar-refractivity contribution < 1.29 is 14.4 Å². The molecule has 1 aliphatic carbocycles. The number of piperazine rings is 1. The summed E-state index contributed by atoms with van der Waals surface area (Å²) in [6.07, 6.45) is 2.31. The first-order chi connectivity index (χ1) is 8.54. The van der Waals surface area contributed by atoms with Gasteiger partial charge in [0, 0.05) is 0 Å². The molecule has 0 aromatic heterocycles. The van der Waals surface area contributed by atoms with Gasteiger partial charge in [-0.25, -0.2) is 0 Å². The molecule has 1 unspecified atom stereocenters. The molecule has 1 saturated heterocycles. The van der Waals surface area contributed by atoms with Crippen molar-refractivity contribution in [2.45, 2.75) is 38.6 Å². The van der Waals surface area contributed by atoms with Gasteiger partial charge in [-0.05, 0) is 25.7 Å². The van der Waals surface area contributed by atoms with Gasteiger partial charge in [-0.2, -0.15) is 5.26 Å². The molecule has 6 nitrogen and oxygen atoms in total. The Morgan fingerprint density at radius 3 is 2.67 bits per heavy atom. The molecular formula is C12H15N3O3. The zero-order valence-corrected chi connectivity index (χ0v) is 10.2. The number of rotatable bonds is 2. The predicted molar refractivity (Wildman–Crippen MR) is 60.8 cm³/mol. The zero-order chi connectivity index (χ0) is 13.3. The molecule has 1 N–H and O–H groups in total. The maximum absolute atomic E-state index is 12.4. The number of nitrogens with one attached hydrogen (secondary N) is 1. The lowest BCUT2D eigenvalue weighted by Crippen LogP contribution is -2.62. The number of amides is 3. The van der Waals surface area contributed by atoms with Crippen LogP contribution in [0.25, 0.3) is 0 Å². The largest absolute Gasteiger partial charge is 0.320 e. The SMILES string of the molecule is CCC1C(=O)NC(=O)CN1C(=O)C1(C#N)CCC1. The van der Waals surface area contributed by atoms with Crippen LogP contribution in [0, 0.1) is 16.7 Å². The summed E-state index contributed by atoms with van der Waals surface area (Å²) in [5.41, 5.74) is -1.01. The second-order valence-corrected chi connectivity index (χ2v) is 4.82. The van der Waals surface area contributed by atoms with Gasteiger partial charge in [0.05, 0.1) is 6.07 Å². The molecule has 1 atom stereocenters. The fraction of sp³-hybridized carbons (Fsp3) is 0.667. The third kappa shape index (κ3) is 1.76. The molecule has 2 fully saturated rings. The van der Waals surface area contributed by atoms with E-state index in [1.54, 1.807) is 6.92 Å². The van der Waals surface area contributed by atoms with Crippen molar-refractivity contribution in [1.29, 1.82) is 5.26 Å². The Bertz CT molecular complexity index is 448.